The molecule has 8 nitrogen and oxygen atoms in total. The van der Waals surface area contributed by atoms with Crippen LogP contribution < -0.4 is 15.6 Å². The van der Waals surface area contributed by atoms with Gasteiger partial charge >= 0.3 is 0 Å². The largest absolute Gasteiger partial charge is 0.494 e. The van der Waals surface area contributed by atoms with Gasteiger partial charge in [0.05, 0.1) is 17.5 Å². The summed E-state index contributed by atoms with van der Waals surface area (Å²) < 4.78 is 7.17. The van der Waals surface area contributed by atoms with Gasteiger partial charge in [0.1, 0.15) is 12.3 Å². The number of hydrogen-bond acceptors (Lipinski definition) is 5. The Hall–Kier alpha value is -2.90. The maximum atomic E-state index is 12.6. The lowest BCUT2D eigenvalue weighted by atomic mass is 9.94. The van der Waals surface area contributed by atoms with E-state index in [1.165, 1.54) is 23.8 Å². The average molecular weight is 441 g/mol. The van der Waals surface area contributed by atoms with Crippen LogP contribution in [0, 0.1) is 0 Å². The number of nitrogens with one attached hydrogen (secondary N) is 1. The zero-order valence-electron chi connectivity index (χ0n) is 18.8. The summed E-state index contributed by atoms with van der Waals surface area (Å²) in [4.78, 5) is 42.8. The minimum atomic E-state index is -0.239. The van der Waals surface area contributed by atoms with Crippen LogP contribution in [0.3, 0.4) is 0 Å². The molecule has 0 saturated heterocycles. The van der Waals surface area contributed by atoms with Crippen molar-refractivity contribution in [2.75, 3.05) is 19.0 Å². The normalized spacial score (nSPS) is 16.1. The van der Waals surface area contributed by atoms with E-state index in [1.807, 2.05) is 11.9 Å². The topological polar surface area (TPSA) is 93.5 Å². The van der Waals surface area contributed by atoms with Crippen molar-refractivity contribution >= 4 is 28.7 Å². The smallest absolute Gasteiger partial charge is 0.263 e. The lowest BCUT2D eigenvalue weighted by Gasteiger charge is -2.31. The molecule has 0 unspecified atom stereocenters. The van der Waals surface area contributed by atoms with Crippen LogP contribution in [0.1, 0.15) is 64.2 Å². The molecule has 1 saturated carbocycles. The highest BCUT2D eigenvalue weighted by molar-refractivity contribution is 5.94. The third-order valence-corrected chi connectivity index (χ3v) is 6.55. The standard InChI is InChI=1S/C24H32N4O4/c1-27(17-9-5-4-6-10-17)22(30)11-7-2-3-8-14-32-18-12-13-20-19(15-18)23(31)28-16-21(29)26-24(28)25-20/h12-13,15,17H,2-11,14,16H2,1H3,(H,25,26,29). The minimum absolute atomic E-state index is 0.00113. The van der Waals surface area contributed by atoms with Gasteiger partial charge in [-0.15, -0.1) is 0 Å². The summed E-state index contributed by atoms with van der Waals surface area (Å²) >= 11 is 0. The number of ether oxygens (including phenoxy) is 1. The van der Waals surface area contributed by atoms with E-state index >= 15 is 0 Å². The zero-order valence-corrected chi connectivity index (χ0v) is 18.8. The van der Waals surface area contributed by atoms with E-state index < -0.39 is 0 Å². The Morgan fingerprint density at radius 1 is 1.16 bits per heavy atom. The van der Waals surface area contributed by atoms with Crippen LogP contribution in [0.2, 0.25) is 0 Å². The predicted octanol–water partition coefficient (Wildman–Crippen LogP) is 3.47. The Bertz CT molecular complexity index is 1040. The summed E-state index contributed by atoms with van der Waals surface area (Å²) in [5.41, 5.74) is 0.301. The number of anilines is 1. The van der Waals surface area contributed by atoms with Crippen LogP contribution >= 0.6 is 0 Å². The molecular weight excluding hydrogens is 408 g/mol. The molecule has 2 amide bonds. The van der Waals surface area contributed by atoms with Crippen molar-refractivity contribution in [3.8, 4) is 5.75 Å². The monoisotopic (exact) mass is 440 g/mol. The van der Waals surface area contributed by atoms with E-state index in [0.29, 0.717) is 41.7 Å². The molecule has 1 N–H and O–H groups in total. The average Bonchev–Trinajstić information content (AvgIpc) is 3.19. The highest BCUT2D eigenvalue weighted by Gasteiger charge is 2.22. The zero-order chi connectivity index (χ0) is 22.5. The Morgan fingerprint density at radius 2 is 1.94 bits per heavy atom. The van der Waals surface area contributed by atoms with Crippen LogP contribution in [-0.2, 0) is 16.1 Å². The molecule has 0 spiro atoms. The number of carbonyl (C=O) groups excluding carboxylic acids is 2. The Balaban J connectivity index is 1.18. The molecule has 2 heterocycles. The van der Waals surface area contributed by atoms with E-state index in [-0.39, 0.29) is 23.9 Å². The first-order valence-corrected chi connectivity index (χ1v) is 11.8. The Morgan fingerprint density at radius 3 is 2.75 bits per heavy atom. The van der Waals surface area contributed by atoms with Crippen LogP contribution in [0.5, 0.6) is 5.75 Å². The minimum Gasteiger partial charge on any atom is -0.494 e. The maximum Gasteiger partial charge on any atom is 0.263 e. The summed E-state index contributed by atoms with van der Waals surface area (Å²) in [6.07, 6.45) is 10.5. The Labute approximate surface area is 187 Å². The number of aromatic nitrogens is 2. The first-order valence-electron chi connectivity index (χ1n) is 11.8. The summed E-state index contributed by atoms with van der Waals surface area (Å²) in [6.45, 7) is 0.558. The quantitative estimate of drug-likeness (QED) is 0.603. The summed E-state index contributed by atoms with van der Waals surface area (Å²) in [6, 6.07) is 5.67. The molecule has 8 heteroatoms. The van der Waals surface area contributed by atoms with Crippen molar-refractivity contribution in [2.45, 2.75) is 76.8 Å². The van der Waals surface area contributed by atoms with Gasteiger partial charge in [-0.3, -0.25) is 24.3 Å². The SMILES string of the molecule is CN(C(=O)CCCCCCOc1ccc2nc3n(c(=O)c2c1)CC(=O)N3)C1CCCCC1. The molecule has 32 heavy (non-hydrogen) atoms. The molecular formula is C24H32N4O4. The molecule has 2 aromatic rings. The molecule has 4 rings (SSSR count). The molecule has 1 fully saturated rings. The van der Waals surface area contributed by atoms with Gasteiger partial charge in [0.2, 0.25) is 17.8 Å². The van der Waals surface area contributed by atoms with Crippen LogP contribution in [0.4, 0.5) is 5.95 Å². The number of fused-ring (bicyclic) bond motifs is 2. The second kappa shape index (κ2) is 10.1. The van der Waals surface area contributed by atoms with Gasteiger partial charge in [0.25, 0.3) is 5.56 Å². The van der Waals surface area contributed by atoms with Crippen molar-refractivity contribution in [1.29, 1.82) is 0 Å². The number of carbonyl (C=O) groups is 2. The van der Waals surface area contributed by atoms with E-state index in [9.17, 15) is 14.4 Å². The third kappa shape index (κ3) is 5.11. The van der Waals surface area contributed by atoms with Gasteiger partial charge in [-0.05, 0) is 43.9 Å². The third-order valence-electron chi connectivity index (χ3n) is 6.55. The predicted molar refractivity (Wildman–Crippen MR) is 123 cm³/mol. The number of benzene rings is 1. The fourth-order valence-corrected chi connectivity index (χ4v) is 4.61. The molecule has 1 aliphatic carbocycles. The van der Waals surface area contributed by atoms with Crippen molar-refractivity contribution in [2.24, 2.45) is 0 Å². The molecule has 0 radical (unpaired) electrons. The van der Waals surface area contributed by atoms with Crippen LogP contribution in [0.25, 0.3) is 10.9 Å². The first kappa shape index (κ1) is 22.3. The summed E-state index contributed by atoms with van der Waals surface area (Å²) in [7, 11) is 1.96. The lowest BCUT2D eigenvalue weighted by molar-refractivity contribution is -0.132. The van der Waals surface area contributed by atoms with Crippen LogP contribution in [-0.4, -0.2) is 46.0 Å². The fourth-order valence-electron chi connectivity index (χ4n) is 4.61. The van der Waals surface area contributed by atoms with E-state index in [4.69, 9.17) is 4.74 Å². The summed E-state index contributed by atoms with van der Waals surface area (Å²) in [5, 5.41) is 3.04. The van der Waals surface area contributed by atoms with Gasteiger partial charge in [-0.2, -0.15) is 0 Å². The van der Waals surface area contributed by atoms with Crippen LogP contribution in [0.15, 0.2) is 23.0 Å². The number of nitrogens with zero attached hydrogens (tertiary/aromatic N) is 3. The van der Waals surface area contributed by atoms with Crippen molar-refractivity contribution < 1.29 is 14.3 Å². The van der Waals surface area contributed by atoms with Gasteiger partial charge in [-0.1, -0.05) is 32.1 Å². The van der Waals surface area contributed by atoms with Crippen molar-refractivity contribution in [3.63, 3.8) is 0 Å². The number of rotatable bonds is 9. The van der Waals surface area contributed by atoms with Gasteiger partial charge in [0, 0.05) is 19.5 Å². The molecule has 0 bridgehead atoms. The van der Waals surface area contributed by atoms with Gasteiger partial charge in [-0.25, -0.2) is 4.98 Å². The lowest BCUT2D eigenvalue weighted by Crippen LogP contribution is -2.38. The first-order chi connectivity index (χ1) is 15.5. The molecule has 1 aliphatic heterocycles. The van der Waals surface area contributed by atoms with Gasteiger partial charge in [0.15, 0.2) is 0 Å². The van der Waals surface area contributed by atoms with Gasteiger partial charge < -0.3 is 9.64 Å². The highest BCUT2D eigenvalue weighted by Crippen LogP contribution is 2.23. The highest BCUT2D eigenvalue weighted by atomic mass is 16.5. The molecule has 0 atom stereocenters. The second-order valence-electron chi connectivity index (χ2n) is 8.86. The number of hydrogen-bond donors (Lipinski definition) is 1. The van der Waals surface area contributed by atoms with E-state index in [1.54, 1.807) is 18.2 Å². The van der Waals surface area contributed by atoms with Crippen molar-refractivity contribution in [1.82, 2.24) is 14.5 Å². The Kier molecular flexibility index (Phi) is 7.07. The molecule has 1 aromatic carbocycles. The molecule has 1 aromatic heterocycles. The van der Waals surface area contributed by atoms with E-state index in [2.05, 4.69) is 10.3 Å². The summed E-state index contributed by atoms with van der Waals surface area (Å²) in [5.74, 6) is 0.958. The van der Waals surface area contributed by atoms with Crippen molar-refractivity contribution in [3.05, 3.63) is 28.6 Å². The maximum absolute atomic E-state index is 12.6. The molecule has 172 valence electrons. The number of unbranched alkanes of at least 4 members (excludes halogenated alkanes) is 3. The van der Waals surface area contributed by atoms with E-state index in [0.717, 1.165) is 38.5 Å². The fraction of sp³-hybridized carbons (Fsp3) is 0.583. The molecule has 2 aliphatic rings. The number of amides is 2. The second-order valence-corrected chi connectivity index (χ2v) is 8.86.